The third-order valence-corrected chi connectivity index (χ3v) is 15.2. The molecule has 0 radical (unpaired) electrons. The Morgan fingerprint density at radius 2 is 1.88 bits per heavy atom. The average Bonchev–Trinajstić information content (AvgIpc) is 3.89. The predicted octanol–water partition coefficient (Wildman–Crippen LogP) is 5.51. The third-order valence-electron chi connectivity index (χ3n) is 10.8. The number of anilines is 1. The summed E-state index contributed by atoms with van der Waals surface area (Å²) in [5, 5.41) is 26.9. The highest BCUT2D eigenvalue weighted by Gasteiger charge is 2.50. The Labute approximate surface area is 291 Å². The summed E-state index contributed by atoms with van der Waals surface area (Å²) in [7, 11) is -0.304. The molecule has 0 aliphatic carbocycles. The quantitative estimate of drug-likeness (QED) is 0.151. The molecule has 2 aliphatic heterocycles. The Bertz CT molecular complexity index is 1660. The number of amides is 1. The van der Waals surface area contributed by atoms with Crippen molar-refractivity contribution in [2.24, 2.45) is 5.92 Å². The Kier molecular flexibility index (Phi) is 11.3. The van der Waals surface area contributed by atoms with Gasteiger partial charge in [0.05, 0.1) is 51.7 Å². The maximum atomic E-state index is 12.7. The van der Waals surface area contributed by atoms with Crippen LogP contribution in [0.25, 0.3) is 0 Å². The van der Waals surface area contributed by atoms with Crippen molar-refractivity contribution in [1.29, 1.82) is 0 Å². The molecule has 10 heteroatoms. The van der Waals surface area contributed by atoms with Gasteiger partial charge in [0.25, 0.3) is 0 Å². The van der Waals surface area contributed by atoms with Crippen LogP contribution in [0.15, 0.2) is 85.1 Å². The molecule has 1 amide bonds. The van der Waals surface area contributed by atoms with Crippen molar-refractivity contribution < 1.29 is 19.4 Å². The fourth-order valence-electron chi connectivity index (χ4n) is 8.06. The van der Waals surface area contributed by atoms with Gasteiger partial charge in [-0.3, -0.25) is 9.48 Å². The van der Waals surface area contributed by atoms with Gasteiger partial charge in [0.1, 0.15) is 5.75 Å². The van der Waals surface area contributed by atoms with Gasteiger partial charge in [-0.05, 0) is 85.5 Å². The van der Waals surface area contributed by atoms with Crippen molar-refractivity contribution >= 4 is 24.9 Å². The topological polar surface area (TPSA) is 111 Å². The number of benzene rings is 3. The number of aromatic nitrogens is 3. The number of carbonyl (C=O) groups excluding carboxylic acids is 1. The molecule has 2 saturated heterocycles. The van der Waals surface area contributed by atoms with Crippen LogP contribution in [0.2, 0.25) is 18.6 Å². The zero-order valence-electron chi connectivity index (χ0n) is 29.2. The molecule has 6 atom stereocenters. The van der Waals surface area contributed by atoms with Crippen LogP contribution < -0.4 is 20.6 Å². The molecule has 260 valence electrons. The number of aliphatic hydroxyl groups is 1. The fraction of sp³-hybridized carbons (Fsp3) is 0.462. The molecule has 49 heavy (non-hydrogen) atoms. The number of carbonyl (C=O) groups is 1. The molecule has 1 aromatic heterocycles. The number of aliphatic hydroxyl groups excluding tert-OH is 1. The van der Waals surface area contributed by atoms with Gasteiger partial charge in [-0.1, -0.05) is 85.0 Å². The van der Waals surface area contributed by atoms with Crippen LogP contribution in [0, 0.1) is 5.92 Å². The van der Waals surface area contributed by atoms with E-state index >= 15 is 0 Å². The molecule has 4 aromatic rings. The standard InChI is InChI=1S/C39H51N5O4Si/c1-27-36(20-15-28-10-8-13-30(24-28)41-39(46)34-14-9-22-40-34)48-37(38(27)49(3,4)32-18-16-31(47-2)17-19-32)21-23-44-25-35(42-43-44)33(26-45)29-11-6-5-7-12-29/h5-8,10-13,16-19,24-25,27,33-34,36-38,40,45H,9,14-15,20-23,26H2,1-4H3,(H,41,46)/t27-,33?,34-,36+,37-,38+/m1/s1. The van der Waals surface area contributed by atoms with Crippen LogP contribution in [0.3, 0.4) is 0 Å². The first-order valence-corrected chi connectivity index (χ1v) is 20.8. The van der Waals surface area contributed by atoms with Gasteiger partial charge in [0.2, 0.25) is 5.91 Å². The van der Waals surface area contributed by atoms with Gasteiger partial charge in [-0.2, -0.15) is 0 Å². The fourth-order valence-corrected chi connectivity index (χ4v) is 12.2. The first-order valence-electron chi connectivity index (χ1n) is 17.8. The molecule has 0 spiro atoms. The third kappa shape index (κ3) is 8.15. The van der Waals surface area contributed by atoms with E-state index in [4.69, 9.17) is 9.47 Å². The zero-order chi connectivity index (χ0) is 34.4. The van der Waals surface area contributed by atoms with E-state index in [1.165, 1.54) is 10.8 Å². The Morgan fingerprint density at radius 1 is 1.08 bits per heavy atom. The second-order valence-corrected chi connectivity index (χ2v) is 19.0. The van der Waals surface area contributed by atoms with Crippen LogP contribution in [0.4, 0.5) is 5.69 Å². The van der Waals surface area contributed by atoms with Gasteiger partial charge < -0.3 is 25.2 Å². The SMILES string of the molecule is COc1ccc([Si](C)(C)[C@H]2[C@H](C)[C@H](CCc3cccc(NC(=O)[C@H]4CCCN4)c3)O[C@@H]2CCn2cc(C(CO)c3ccccc3)nn2)cc1. The van der Waals surface area contributed by atoms with Gasteiger partial charge in [-0.25, -0.2) is 0 Å². The molecular formula is C39H51N5O4Si. The van der Waals surface area contributed by atoms with E-state index in [1.807, 2.05) is 53.3 Å². The number of methoxy groups -OCH3 is 1. The van der Waals surface area contributed by atoms with Crippen molar-refractivity contribution in [2.75, 3.05) is 25.6 Å². The highest BCUT2D eigenvalue weighted by Crippen LogP contribution is 2.46. The highest BCUT2D eigenvalue weighted by molar-refractivity contribution is 6.91. The summed E-state index contributed by atoms with van der Waals surface area (Å²) in [5.74, 6) is 1.08. The minimum Gasteiger partial charge on any atom is -0.497 e. The lowest BCUT2D eigenvalue weighted by Crippen LogP contribution is -2.50. The van der Waals surface area contributed by atoms with Crippen LogP contribution >= 0.6 is 0 Å². The first kappa shape index (κ1) is 35.0. The summed E-state index contributed by atoms with van der Waals surface area (Å²) in [6.07, 6.45) is 6.69. The Balaban J connectivity index is 1.16. The van der Waals surface area contributed by atoms with Crippen LogP contribution in [0.5, 0.6) is 5.75 Å². The van der Waals surface area contributed by atoms with Crippen LogP contribution in [0.1, 0.15) is 55.3 Å². The first-order chi connectivity index (χ1) is 23.8. The Hall–Kier alpha value is -3.83. The zero-order valence-corrected chi connectivity index (χ0v) is 30.2. The van der Waals surface area contributed by atoms with E-state index in [9.17, 15) is 9.90 Å². The largest absolute Gasteiger partial charge is 0.497 e. The van der Waals surface area contributed by atoms with Crippen LogP contribution in [-0.4, -0.2) is 72.6 Å². The summed E-state index contributed by atoms with van der Waals surface area (Å²) in [5.41, 5.74) is 4.25. The van der Waals surface area contributed by atoms with E-state index in [1.54, 1.807) is 7.11 Å². The molecular weight excluding hydrogens is 631 g/mol. The van der Waals surface area contributed by atoms with Crippen molar-refractivity contribution in [3.05, 3.63) is 102 Å². The van der Waals surface area contributed by atoms with Crippen molar-refractivity contribution in [1.82, 2.24) is 20.3 Å². The molecule has 1 unspecified atom stereocenters. The van der Waals surface area contributed by atoms with E-state index in [0.717, 1.165) is 61.3 Å². The molecule has 0 saturated carbocycles. The average molecular weight is 682 g/mol. The number of hydrogen-bond donors (Lipinski definition) is 3. The normalized spacial score (nSPS) is 23.0. The Morgan fingerprint density at radius 3 is 2.59 bits per heavy atom. The number of aryl methyl sites for hydroxylation is 2. The monoisotopic (exact) mass is 681 g/mol. The minimum atomic E-state index is -2.01. The summed E-state index contributed by atoms with van der Waals surface area (Å²) in [6, 6.07) is 26.8. The molecule has 3 N–H and O–H groups in total. The number of nitrogens with one attached hydrogen (secondary N) is 2. The second kappa shape index (κ2) is 15.8. The van der Waals surface area contributed by atoms with Gasteiger partial charge >= 0.3 is 0 Å². The molecule has 6 rings (SSSR count). The maximum Gasteiger partial charge on any atom is 0.241 e. The van der Waals surface area contributed by atoms with E-state index < -0.39 is 8.07 Å². The van der Waals surface area contributed by atoms with E-state index in [0.29, 0.717) is 18.0 Å². The minimum absolute atomic E-state index is 0.0234. The summed E-state index contributed by atoms with van der Waals surface area (Å²) >= 11 is 0. The number of ether oxygens (including phenoxy) is 2. The van der Waals surface area contributed by atoms with Gasteiger partial charge in [-0.15, -0.1) is 5.10 Å². The molecule has 0 bridgehead atoms. The lowest BCUT2D eigenvalue weighted by molar-refractivity contribution is -0.117. The van der Waals surface area contributed by atoms with Crippen molar-refractivity contribution in [3.63, 3.8) is 0 Å². The van der Waals surface area contributed by atoms with E-state index in [2.05, 4.69) is 77.4 Å². The molecule has 3 heterocycles. The summed E-state index contributed by atoms with van der Waals surface area (Å²) < 4.78 is 14.4. The van der Waals surface area contributed by atoms with Crippen molar-refractivity contribution in [3.8, 4) is 5.75 Å². The van der Waals surface area contributed by atoms with Gasteiger partial charge in [0.15, 0.2) is 0 Å². The predicted molar refractivity (Wildman–Crippen MR) is 196 cm³/mol. The number of hydrogen-bond acceptors (Lipinski definition) is 7. The number of rotatable bonds is 14. The highest BCUT2D eigenvalue weighted by atomic mass is 28.3. The summed E-state index contributed by atoms with van der Waals surface area (Å²) in [6.45, 7) is 8.88. The number of nitrogens with zero attached hydrogens (tertiary/aromatic N) is 3. The smallest absolute Gasteiger partial charge is 0.241 e. The lowest BCUT2D eigenvalue weighted by Gasteiger charge is -2.36. The van der Waals surface area contributed by atoms with Crippen molar-refractivity contribution in [2.45, 2.75) is 88.4 Å². The van der Waals surface area contributed by atoms with E-state index in [-0.39, 0.29) is 36.7 Å². The van der Waals surface area contributed by atoms with Crippen LogP contribution in [-0.2, 0) is 22.5 Å². The molecule has 2 aliphatic rings. The van der Waals surface area contributed by atoms with Gasteiger partial charge in [0, 0.05) is 18.4 Å². The lowest BCUT2D eigenvalue weighted by atomic mass is 9.95. The second-order valence-electron chi connectivity index (χ2n) is 14.3. The summed E-state index contributed by atoms with van der Waals surface area (Å²) in [4.78, 5) is 12.7. The molecule has 3 aromatic carbocycles. The molecule has 9 nitrogen and oxygen atoms in total. The maximum absolute atomic E-state index is 12.7. The molecule has 2 fully saturated rings.